The highest BCUT2D eigenvalue weighted by Crippen LogP contribution is 2.42. The van der Waals surface area contributed by atoms with E-state index in [1.54, 1.807) is 11.3 Å². The van der Waals surface area contributed by atoms with E-state index in [9.17, 15) is 8.42 Å². The second-order valence-corrected chi connectivity index (χ2v) is 6.11. The Hall–Kier alpha value is -0.390. The molecule has 1 aromatic rings. The van der Waals surface area contributed by atoms with Crippen molar-refractivity contribution in [3.8, 4) is 0 Å². The van der Waals surface area contributed by atoms with Gasteiger partial charge in [-0.3, -0.25) is 0 Å². The molecule has 0 amide bonds. The van der Waals surface area contributed by atoms with Gasteiger partial charge < -0.3 is 0 Å². The molecule has 0 radical (unpaired) electrons. The van der Waals surface area contributed by atoms with Crippen molar-refractivity contribution >= 4 is 21.4 Å². The fourth-order valence-electron chi connectivity index (χ4n) is 1.42. The minimum absolute atomic E-state index is 0.133. The summed E-state index contributed by atoms with van der Waals surface area (Å²) in [6.07, 6.45) is 2.14. The molecule has 0 spiro atoms. The highest BCUT2D eigenvalue weighted by atomic mass is 32.2. The van der Waals surface area contributed by atoms with Crippen LogP contribution in [0.1, 0.15) is 17.2 Å². The lowest BCUT2D eigenvalue weighted by Gasteiger charge is -1.98. The van der Waals surface area contributed by atoms with E-state index in [0.717, 1.165) is 6.42 Å². The third kappa shape index (κ3) is 2.30. The standard InChI is InChI=1S/C8H11NO2S2/c1-13(10,11)9-7-5-6(7)8-3-2-4-12-8/h2-4,6-7,9H,5H2,1H3. The molecule has 0 aliphatic heterocycles. The topological polar surface area (TPSA) is 46.2 Å². The van der Waals surface area contributed by atoms with E-state index in [1.165, 1.54) is 11.1 Å². The summed E-state index contributed by atoms with van der Waals surface area (Å²) in [7, 11) is -3.03. The molecule has 1 N–H and O–H groups in total. The highest BCUT2D eigenvalue weighted by molar-refractivity contribution is 7.88. The molecule has 13 heavy (non-hydrogen) atoms. The molecule has 1 heterocycles. The van der Waals surface area contributed by atoms with Crippen LogP contribution >= 0.6 is 11.3 Å². The van der Waals surface area contributed by atoms with Gasteiger partial charge in [0.25, 0.3) is 0 Å². The molecule has 72 valence electrons. The predicted molar refractivity (Wildman–Crippen MR) is 53.4 cm³/mol. The van der Waals surface area contributed by atoms with Crippen LogP contribution in [0.15, 0.2) is 17.5 Å². The Balaban J connectivity index is 1.97. The Bertz CT molecular complexity index is 382. The largest absolute Gasteiger partial charge is 0.213 e. The Morgan fingerprint density at radius 2 is 2.38 bits per heavy atom. The molecule has 1 saturated carbocycles. The SMILES string of the molecule is CS(=O)(=O)NC1CC1c1cccs1. The second kappa shape index (κ2) is 3.08. The summed E-state index contributed by atoms with van der Waals surface area (Å²) in [5, 5.41) is 2.02. The van der Waals surface area contributed by atoms with E-state index in [1.807, 2.05) is 11.4 Å². The molecular formula is C8H11NO2S2. The zero-order valence-electron chi connectivity index (χ0n) is 7.23. The number of nitrogens with one attached hydrogen (secondary N) is 1. The van der Waals surface area contributed by atoms with Gasteiger partial charge in [0.15, 0.2) is 0 Å². The number of hydrogen-bond donors (Lipinski definition) is 1. The molecule has 2 unspecified atom stereocenters. The molecule has 3 nitrogen and oxygen atoms in total. The van der Waals surface area contributed by atoms with Crippen molar-refractivity contribution in [1.29, 1.82) is 0 Å². The van der Waals surface area contributed by atoms with Crippen molar-refractivity contribution in [2.75, 3.05) is 6.26 Å². The van der Waals surface area contributed by atoms with E-state index >= 15 is 0 Å². The van der Waals surface area contributed by atoms with Crippen molar-refractivity contribution in [2.24, 2.45) is 0 Å². The van der Waals surface area contributed by atoms with Crippen LogP contribution in [0.25, 0.3) is 0 Å². The summed E-state index contributed by atoms with van der Waals surface area (Å²) < 4.78 is 24.4. The Morgan fingerprint density at radius 3 is 2.92 bits per heavy atom. The quantitative estimate of drug-likeness (QED) is 0.825. The van der Waals surface area contributed by atoms with E-state index in [4.69, 9.17) is 0 Å². The van der Waals surface area contributed by atoms with Gasteiger partial charge in [-0.2, -0.15) is 0 Å². The first kappa shape index (κ1) is 9.18. The zero-order chi connectivity index (χ0) is 9.47. The number of hydrogen-bond acceptors (Lipinski definition) is 3. The van der Waals surface area contributed by atoms with Crippen molar-refractivity contribution in [3.05, 3.63) is 22.4 Å². The molecule has 1 aliphatic carbocycles. The normalized spacial score (nSPS) is 27.5. The summed E-state index contributed by atoms with van der Waals surface area (Å²) in [6, 6.07) is 4.18. The van der Waals surface area contributed by atoms with Crippen LogP contribution in [-0.2, 0) is 10.0 Å². The molecule has 0 saturated heterocycles. The van der Waals surface area contributed by atoms with Gasteiger partial charge >= 0.3 is 0 Å². The van der Waals surface area contributed by atoms with Gasteiger partial charge in [0.2, 0.25) is 10.0 Å². The van der Waals surface area contributed by atoms with Gasteiger partial charge in [-0.25, -0.2) is 13.1 Å². The summed E-state index contributed by atoms with van der Waals surface area (Å²) in [5.41, 5.74) is 0. The van der Waals surface area contributed by atoms with Crippen molar-refractivity contribution in [3.63, 3.8) is 0 Å². The van der Waals surface area contributed by atoms with Crippen LogP contribution in [0.2, 0.25) is 0 Å². The highest BCUT2D eigenvalue weighted by Gasteiger charge is 2.40. The maximum atomic E-state index is 10.9. The van der Waals surface area contributed by atoms with E-state index < -0.39 is 10.0 Å². The lowest BCUT2D eigenvalue weighted by molar-refractivity contribution is 0.586. The average Bonchev–Trinajstić information content (AvgIpc) is 2.58. The predicted octanol–water partition coefficient (Wildman–Crippen LogP) is 1.15. The number of rotatable bonds is 3. The van der Waals surface area contributed by atoms with E-state index in [0.29, 0.717) is 5.92 Å². The Morgan fingerprint density at radius 1 is 1.62 bits per heavy atom. The first-order valence-electron chi connectivity index (χ1n) is 4.07. The van der Waals surface area contributed by atoms with Crippen molar-refractivity contribution < 1.29 is 8.42 Å². The summed E-state index contributed by atoms with van der Waals surface area (Å²) in [5.74, 6) is 0.412. The minimum Gasteiger partial charge on any atom is -0.213 e. The molecular weight excluding hydrogens is 206 g/mol. The van der Waals surface area contributed by atoms with Crippen LogP contribution in [0.4, 0.5) is 0 Å². The van der Waals surface area contributed by atoms with Gasteiger partial charge in [-0.15, -0.1) is 11.3 Å². The molecule has 2 atom stereocenters. The molecule has 1 aromatic heterocycles. The number of sulfonamides is 1. The van der Waals surface area contributed by atoms with Gasteiger partial charge in [0.05, 0.1) is 6.26 Å². The Kier molecular flexibility index (Phi) is 2.17. The average molecular weight is 217 g/mol. The monoisotopic (exact) mass is 217 g/mol. The van der Waals surface area contributed by atoms with Crippen LogP contribution in [0, 0.1) is 0 Å². The molecule has 0 bridgehead atoms. The lowest BCUT2D eigenvalue weighted by Crippen LogP contribution is -2.24. The van der Waals surface area contributed by atoms with Gasteiger partial charge in [-0.05, 0) is 17.9 Å². The minimum atomic E-state index is -3.03. The second-order valence-electron chi connectivity index (χ2n) is 3.35. The fourth-order valence-corrected chi connectivity index (χ4v) is 3.13. The first-order valence-corrected chi connectivity index (χ1v) is 6.84. The molecule has 1 fully saturated rings. The maximum absolute atomic E-state index is 10.9. The van der Waals surface area contributed by atoms with E-state index in [2.05, 4.69) is 10.8 Å². The summed E-state index contributed by atoms with van der Waals surface area (Å²) in [4.78, 5) is 1.28. The van der Waals surface area contributed by atoms with Gasteiger partial charge in [-0.1, -0.05) is 6.07 Å². The number of thiophene rings is 1. The van der Waals surface area contributed by atoms with Crippen LogP contribution in [0.5, 0.6) is 0 Å². The van der Waals surface area contributed by atoms with Crippen LogP contribution in [0.3, 0.4) is 0 Å². The zero-order valence-corrected chi connectivity index (χ0v) is 8.86. The molecule has 2 rings (SSSR count). The van der Waals surface area contributed by atoms with Gasteiger partial charge in [0, 0.05) is 16.8 Å². The fraction of sp³-hybridized carbons (Fsp3) is 0.500. The van der Waals surface area contributed by atoms with Crippen molar-refractivity contribution in [2.45, 2.75) is 18.4 Å². The Labute approximate surface area is 81.8 Å². The lowest BCUT2D eigenvalue weighted by atomic mass is 10.3. The molecule has 1 aliphatic rings. The van der Waals surface area contributed by atoms with Crippen LogP contribution in [-0.4, -0.2) is 20.7 Å². The molecule has 5 heteroatoms. The third-order valence-electron chi connectivity index (χ3n) is 2.06. The van der Waals surface area contributed by atoms with Crippen molar-refractivity contribution in [1.82, 2.24) is 4.72 Å². The first-order chi connectivity index (χ1) is 6.06. The third-order valence-corrected chi connectivity index (χ3v) is 3.80. The summed E-state index contributed by atoms with van der Waals surface area (Å²) >= 11 is 1.69. The maximum Gasteiger partial charge on any atom is 0.208 e. The smallest absolute Gasteiger partial charge is 0.208 e. The summed E-state index contributed by atoms with van der Waals surface area (Å²) in [6.45, 7) is 0. The van der Waals surface area contributed by atoms with E-state index in [-0.39, 0.29) is 6.04 Å². The van der Waals surface area contributed by atoms with Crippen LogP contribution < -0.4 is 4.72 Å². The van der Waals surface area contributed by atoms with Gasteiger partial charge in [0.1, 0.15) is 0 Å². The molecule has 0 aromatic carbocycles.